The van der Waals surface area contributed by atoms with Crippen molar-refractivity contribution in [1.82, 2.24) is 5.32 Å². The van der Waals surface area contributed by atoms with Gasteiger partial charge in [-0.05, 0) is 44.9 Å². The van der Waals surface area contributed by atoms with Gasteiger partial charge in [0.25, 0.3) is 0 Å². The Hall–Kier alpha value is -0.910. The second kappa shape index (κ2) is 10.6. The molecule has 186 valence electrons. The standard InChI is InChI=1S/C21H35F3N2O5S/c1-30-16-9-2-3-10-17(16)31-18-11-5-8-15(21(22,23)24)19(18)20(27)26-13-6-4-7-14(12-13)32(25,28)29/h13-19H,2-12H2,1H3,(H,26,27)(H2,25,28,29). The molecule has 3 rings (SSSR count). The third kappa shape index (κ3) is 6.36. The summed E-state index contributed by atoms with van der Waals surface area (Å²) in [6.45, 7) is 0. The van der Waals surface area contributed by atoms with Crippen LogP contribution in [0.2, 0.25) is 0 Å². The Kier molecular flexibility index (Phi) is 8.49. The molecule has 0 bridgehead atoms. The number of carbonyl (C=O) groups is 1. The zero-order valence-electron chi connectivity index (χ0n) is 18.5. The van der Waals surface area contributed by atoms with Gasteiger partial charge >= 0.3 is 6.18 Å². The number of carbonyl (C=O) groups excluding carboxylic acids is 1. The molecular formula is C21H35F3N2O5S. The molecule has 0 aliphatic heterocycles. The van der Waals surface area contributed by atoms with Crippen LogP contribution in [-0.4, -0.2) is 57.2 Å². The van der Waals surface area contributed by atoms with E-state index in [1.165, 1.54) is 0 Å². The average molecular weight is 485 g/mol. The number of nitrogens with two attached hydrogens (primary N) is 1. The van der Waals surface area contributed by atoms with Crippen LogP contribution in [0.5, 0.6) is 0 Å². The second-order valence-corrected chi connectivity index (χ2v) is 11.3. The van der Waals surface area contributed by atoms with E-state index in [2.05, 4.69) is 5.32 Å². The Morgan fingerprint density at radius 2 is 1.56 bits per heavy atom. The summed E-state index contributed by atoms with van der Waals surface area (Å²) in [5.41, 5.74) is 0. The van der Waals surface area contributed by atoms with Gasteiger partial charge in [0.1, 0.15) is 0 Å². The van der Waals surface area contributed by atoms with Crippen LogP contribution < -0.4 is 10.5 Å². The zero-order valence-corrected chi connectivity index (χ0v) is 19.3. The molecule has 0 heterocycles. The Balaban J connectivity index is 1.76. The topological polar surface area (TPSA) is 108 Å². The van der Waals surface area contributed by atoms with Crippen LogP contribution in [-0.2, 0) is 24.3 Å². The lowest BCUT2D eigenvalue weighted by Gasteiger charge is -2.42. The van der Waals surface area contributed by atoms with Crippen LogP contribution in [0.25, 0.3) is 0 Å². The molecule has 0 saturated heterocycles. The number of methoxy groups -OCH3 is 1. The predicted octanol–water partition coefficient (Wildman–Crippen LogP) is 3.02. The van der Waals surface area contributed by atoms with Crippen molar-refractivity contribution in [2.45, 2.75) is 106 Å². The summed E-state index contributed by atoms with van der Waals surface area (Å²) in [7, 11) is -2.19. The molecule has 3 saturated carbocycles. The summed E-state index contributed by atoms with van der Waals surface area (Å²) < 4.78 is 76.7. The van der Waals surface area contributed by atoms with Crippen molar-refractivity contribution < 1.29 is 35.9 Å². The van der Waals surface area contributed by atoms with Gasteiger partial charge in [0.15, 0.2) is 0 Å². The number of halogens is 3. The average Bonchev–Trinajstić information content (AvgIpc) is 2.73. The Morgan fingerprint density at radius 3 is 2.19 bits per heavy atom. The van der Waals surface area contributed by atoms with Crippen LogP contribution in [0.1, 0.15) is 70.6 Å². The van der Waals surface area contributed by atoms with Gasteiger partial charge in [0.2, 0.25) is 15.9 Å². The van der Waals surface area contributed by atoms with Crippen molar-refractivity contribution in [2.75, 3.05) is 7.11 Å². The van der Waals surface area contributed by atoms with Gasteiger partial charge in [-0.2, -0.15) is 13.2 Å². The van der Waals surface area contributed by atoms with Gasteiger partial charge < -0.3 is 14.8 Å². The number of nitrogens with one attached hydrogen (secondary N) is 1. The Labute approximate surface area is 188 Å². The summed E-state index contributed by atoms with van der Waals surface area (Å²) in [6, 6.07) is -0.516. The minimum atomic E-state index is -4.52. The van der Waals surface area contributed by atoms with E-state index in [0.717, 1.165) is 19.3 Å². The number of sulfonamides is 1. The van der Waals surface area contributed by atoms with E-state index in [1.807, 2.05) is 0 Å². The van der Waals surface area contributed by atoms with Gasteiger partial charge in [-0.15, -0.1) is 0 Å². The number of alkyl halides is 3. The summed E-state index contributed by atoms with van der Waals surface area (Å²) >= 11 is 0. The minimum absolute atomic E-state index is 0.119. The highest BCUT2D eigenvalue weighted by Crippen LogP contribution is 2.44. The summed E-state index contributed by atoms with van der Waals surface area (Å²) in [5.74, 6) is -3.86. The molecule has 11 heteroatoms. The fourth-order valence-corrected chi connectivity index (χ4v) is 6.61. The molecule has 0 aromatic rings. The van der Waals surface area contributed by atoms with Gasteiger partial charge in [-0.3, -0.25) is 4.79 Å². The normalized spacial score (nSPS) is 37.1. The van der Waals surface area contributed by atoms with E-state index < -0.39 is 51.3 Å². The minimum Gasteiger partial charge on any atom is -0.379 e. The lowest BCUT2D eigenvalue weighted by molar-refractivity contribution is -0.222. The van der Waals surface area contributed by atoms with E-state index in [9.17, 15) is 26.4 Å². The molecule has 0 spiro atoms. The fourth-order valence-electron chi connectivity index (χ4n) is 5.61. The van der Waals surface area contributed by atoms with Crippen molar-refractivity contribution >= 4 is 15.9 Å². The number of hydrogen-bond acceptors (Lipinski definition) is 5. The monoisotopic (exact) mass is 484 g/mol. The Bertz CT molecular complexity index is 748. The van der Waals surface area contributed by atoms with Crippen molar-refractivity contribution in [3.63, 3.8) is 0 Å². The van der Waals surface area contributed by atoms with Gasteiger partial charge in [-0.1, -0.05) is 25.7 Å². The van der Waals surface area contributed by atoms with Crippen LogP contribution in [0.15, 0.2) is 0 Å². The quantitative estimate of drug-likeness (QED) is 0.603. The van der Waals surface area contributed by atoms with Crippen LogP contribution in [0.4, 0.5) is 13.2 Å². The molecule has 7 unspecified atom stereocenters. The first kappa shape index (κ1) is 25.7. The molecule has 7 nitrogen and oxygen atoms in total. The molecule has 1 amide bonds. The predicted molar refractivity (Wildman–Crippen MR) is 112 cm³/mol. The zero-order chi connectivity index (χ0) is 23.5. The van der Waals surface area contributed by atoms with Gasteiger partial charge in [-0.25, -0.2) is 13.6 Å². The highest BCUT2D eigenvalue weighted by molar-refractivity contribution is 7.89. The number of primary sulfonamides is 1. The smallest absolute Gasteiger partial charge is 0.379 e. The number of amides is 1. The van der Waals surface area contributed by atoms with Gasteiger partial charge in [0, 0.05) is 13.2 Å². The molecule has 3 N–H and O–H groups in total. The van der Waals surface area contributed by atoms with E-state index in [1.54, 1.807) is 7.11 Å². The van der Waals surface area contributed by atoms with Crippen molar-refractivity contribution in [1.29, 1.82) is 0 Å². The molecule has 0 aromatic carbocycles. The van der Waals surface area contributed by atoms with Gasteiger partial charge in [0.05, 0.1) is 35.4 Å². The molecule has 3 aliphatic rings. The summed E-state index contributed by atoms with van der Waals surface area (Å²) in [4.78, 5) is 13.2. The van der Waals surface area contributed by atoms with Crippen LogP contribution >= 0.6 is 0 Å². The molecule has 0 aromatic heterocycles. The molecule has 3 aliphatic carbocycles. The van der Waals surface area contributed by atoms with E-state index in [4.69, 9.17) is 14.6 Å². The maximum absolute atomic E-state index is 13.9. The van der Waals surface area contributed by atoms with E-state index in [-0.39, 0.29) is 25.0 Å². The lowest BCUT2D eigenvalue weighted by Crippen LogP contribution is -2.54. The molecule has 3 fully saturated rings. The summed E-state index contributed by atoms with van der Waals surface area (Å²) in [6.07, 6.45) is -0.373. The maximum Gasteiger partial charge on any atom is 0.392 e. The second-order valence-electron chi connectivity index (χ2n) is 9.46. The SMILES string of the molecule is COC1CCCCC1OC1CCCC(C(F)(F)F)C1C(=O)NC1CCCC(S(N)(=O)=O)C1. The maximum atomic E-state index is 13.9. The largest absolute Gasteiger partial charge is 0.392 e. The number of rotatable bonds is 6. The first-order chi connectivity index (χ1) is 15.0. The molecular weight excluding hydrogens is 449 g/mol. The van der Waals surface area contributed by atoms with Crippen LogP contribution in [0, 0.1) is 11.8 Å². The highest BCUT2D eigenvalue weighted by Gasteiger charge is 2.53. The third-order valence-corrected chi connectivity index (χ3v) is 8.65. The molecule has 32 heavy (non-hydrogen) atoms. The third-order valence-electron chi connectivity index (χ3n) is 7.29. The molecule has 0 radical (unpaired) electrons. The highest BCUT2D eigenvalue weighted by atomic mass is 32.2. The van der Waals surface area contributed by atoms with Crippen LogP contribution in [0.3, 0.4) is 0 Å². The first-order valence-electron chi connectivity index (χ1n) is 11.6. The van der Waals surface area contributed by atoms with E-state index in [0.29, 0.717) is 38.5 Å². The van der Waals surface area contributed by atoms with E-state index >= 15 is 0 Å². The number of hydrogen-bond donors (Lipinski definition) is 2. The fraction of sp³-hybridized carbons (Fsp3) is 0.952. The first-order valence-corrected chi connectivity index (χ1v) is 13.2. The van der Waals surface area contributed by atoms with Crippen molar-refractivity contribution in [2.24, 2.45) is 17.0 Å². The van der Waals surface area contributed by atoms with Crippen molar-refractivity contribution in [3.8, 4) is 0 Å². The summed E-state index contributed by atoms with van der Waals surface area (Å²) in [5, 5.41) is 7.18. The lowest BCUT2D eigenvalue weighted by atomic mass is 9.75. The number of ether oxygens (including phenoxy) is 2. The molecule has 7 atom stereocenters. The van der Waals surface area contributed by atoms with Crippen molar-refractivity contribution in [3.05, 3.63) is 0 Å². The Morgan fingerprint density at radius 1 is 0.938 bits per heavy atom.